The first-order valence-corrected chi connectivity index (χ1v) is 3.68. The molecule has 0 saturated heterocycles. The number of nitrogens with zero attached hydrogens (tertiary/aromatic N) is 2. The van der Waals surface area contributed by atoms with Crippen LogP contribution in [0.5, 0.6) is 0 Å². The van der Waals surface area contributed by atoms with E-state index in [9.17, 15) is 0 Å². The van der Waals surface area contributed by atoms with Crippen LogP contribution < -0.4 is 0 Å². The first kappa shape index (κ1) is 7.25. The third-order valence-electron chi connectivity index (χ3n) is 1.41. The van der Waals surface area contributed by atoms with Gasteiger partial charge in [-0.25, -0.2) is 0 Å². The number of rotatable bonds is 4. The molecule has 0 aliphatic heterocycles. The molecule has 0 aliphatic rings. The van der Waals surface area contributed by atoms with Crippen molar-refractivity contribution in [3.63, 3.8) is 0 Å². The molecular weight excluding hydrogens is 128 g/mol. The van der Waals surface area contributed by atoms with Crippen LogP contribution in [0.3, 0.4) is 0 Å². The van der Waals surface area contributed by atoms with Gasteiger partial charge in [0.15, 0.2) is 5.82 Å². The van der Waals surface area contributed by atoms with Crippen LogP contribution in [-0.4, -0.2) is 10.1 Å². The normalized spacial score (nSPS) is 10.1. The number of aryl methyl sites for hydroxylation is 1. The molecule has 0 N–H and O–H groups in total. The Kier molecular flexibility index (Phi) is 2.93. The zero-order valence-electron chi connectivity index (χ0n) is 6.21. The molecule has 0 unspecified atom stereocenters. The molecule has 1 aromatic heterocycles. The standard InChI is InChI=1S/C7H12N2O/c1-2-3-4-5-7-8-6-10-9-7/h6H,2-5H2,1H3. The molecule has 0 spiro atoms. The second-order valence-corrected chi connectivity index (χ2v) is 2.30. The Morgan fingerprint density at radius 3 is 3.00 bits per heavy atom. The highest BCUT2D eigenvalue weighted by Gasteiger charge is 1.95. The molecule has 0 aromatic carbocycles. The fourth-order valence-electron chi connectivity index (χ4n) is 0.836. The molecule has 10 heavy (non-hydrogen) atoms. The van der Waals surface area contributed by atoms with Crippen LogP contribution in [0.1, 0.15) is 32.0 Å². The maximum Gasteiger partial charge on any atom is 0.213 e. The van der Waals surface area contributed by atoms with Gasteiger partial charge < -0.3 is 4.52 Å². The van der Waals surface area contributed by atoms with E-state index in [2.05, 4.69) is 21.6 Å². The lowest BCUT2D eigenvalue weighted by Crippen LogP contribution is -1.86. The fraction of sp³-hybridized carbons (Fsp3) is 0.714. The van der Waals surface area contributed by atoms with Crippen LogP contribution in [0.25, 0.3) is 0 Å². The third kappa shape index (κ3) is 2.17. The summed E-state index contributed by atoms with van der Waals surface area (Å²) in [5, 5.41) is 3.70. The minimum Gasteiger partial charge on any atom is -0.343 e. The van der Waals surface area contributed by atoms with Gasteiger partial charge in [-0.3, -0.25) is 0 Å². The molecule has 3 heteroatoms. The quantitative estimate of drug-likeness (QED) is 0.598. The SMILES string of the molecule is CCCCCc1ncon1. The third-order valence-corrected chi connectivity index (χ3v) is 1.41. The van der Waals surface area contributed by atoms with Crippen molar-refractivity contribution >= 4 is 0 Å². The van der Waals surface area contributed by atoms with Crippen LogP contribution in [0.2, 0.25) is 0 Å². The molecule has 1 aromatic rings. The molecule has 0 amide bonds. The van der Waals surface area contributed by atoms with Crippen molar-refractivity contribution < 1.29 is 4.52 Å². The van der Waals surface area contributed by atoms with Gasteiger partial charge in [-0.05, 0) is 6.42 Å². The van der Waals surface area contributed by atoms with Crippen LogP contribution in [0.4, 0.5) is 0 Å². The molecule has 0 atom stereocenters. The molecule has 56 valence electrons. The molecule has 0 fully saturated rings. The average molecular weight is 140 g/mol. The highest BCUT2D eigenvalue weighted by atomic mass is 16.5. The van der Waals surface area contributed by atoms with Gasteiger partial charge in [0.05, 0.1) is 0 Å². The Hall–Kier alpha value is -0.860. The van der Waals surface area contributed by atoms with E-state index >= 15 is 0 Å². The van der Waals surface area contributed by atoms with Gasteiger partial charge in [0, 0.05) is 6.42 Å². The lowest BCUT2D eigenvalue weighted by molar-refractivity contribution is 0.409. The minimum absolute atomic E-state index is 0.827. The van der Waals surface area contributed by atoms with Gasteiger partial charge in [0.2, 0.25) is 6.39 Å². The molecular formula is C7H12N2O. The summed E-state index contributed by atoms with van der Waals surface area (Å²) >= 11 is 0. The van der Waals surface area contributed by atoms with Crippen molar-refractivity contribution in [3.8, 4) is 0 Å². The molecule has 0 saturated carbocycles. The van der Waals surface area contributed by atoms with Crippen molar-refractivity contribution in [1.29, 1.82) is 0 Å². The number of hydrogen-bond acceptors (Lipinski definition) is 3. The molecule has 0 aliphatic carbocycles. The fourth-order valence-corrected chi connectivity index (χ4v) is 0.836. The molecule has 1 rings (SSSR count). The predicted molar refractivity (Wildman–Crippen MR) is 37.5 cm³/mol. The maximum atomic E-state index is 4.58. The summed E-state index contributed by atoms with van der Waals surface area (Å²) in [6, 6.07) is 0. The summed E-state index contributed by atoms with van der Waals surface area (Å²) in [6.45, 7) is 2.18. The topological polar surface area (TPSA) is 38.9 Å². The van der Waals surface area contributed by atoms with Crippen LogP contribution >= 0.6 is 0 Å². The highest BCUT2D eigenvalue weighted by Crippen LogP contribution is 2.00. The number of aromatic nitrogens is 2. The van der Waals surface area contributed by atoms with E-state index in [0.29, 0.717) is 0 Å². The zero-order chi connectivity index (χ0) is 7.23. The van der Waals surface area contributed by atoms with Crippen molar-refractivity contribution in [2.75, 3.05) is 0 Å². The summed E-state index contributed by atoms with van der Waals surface area (Å²) in [5.41, 5.74) is 0. The van der Waals surface area contributed by atoms with Crippen molar-refractivity contribution in [2.45, 2.75) is 32.6 Å². The van der Waals surface area contributed by atoms with Gasteiger partial charge in [-0.1, -0.05) is 24.9 Å². The van der Waals surface area contributed by atoms with E-state index in [1.807, 2.05) is 0 Å². The highest BCUT2D eigenvalue weighted by molar-refractivity contribution is 4.76. The Morgan fingerprint density at radius 1 is 1.50 bits per heavy atom. The van der Waals surface area contributed by atoms with Gasteiger partial charge in [0.25, 0.3) is 0 Å². The van der Waals surface area contributed by atoms with E-state index in [4.69, 9.17) is 0 Å². The average Bonchev–Trinajstić information content (AvgIpc) is 2.41. The zero-order valence-corrected chi connectivity index (χ0v) is 6.21. The summed E-state index contributed by atoms with van der Waals surface area (Å²) in [6.07, 6.45) is 5.97. The van der Waals surface area contributed by atoms with E-state index in [1.165, 1.54) is 19.2 Å². The predicted octanol–water partition coefficient (Wildman–Crippen LogP) is 1.80. The Labute approximate surface area is 60.4 Å². The maximum absolute atomic E-state index is 4.58. The monoisotopic (exact) mass is 140 g/mol. The van der Waals surface area contributed by atoms with E-state index in [1.54, 1.807) is 0 Å². The van der Waals surface area contributed by atoms with Gasteiger partial charge >= 0.3 is 0 Å². The first-order valence-electron chi connectivity index (χ1n) is 3.68. The molecule has 0 radical (unpaired) electrons. The van der Waals surface area contributed by atoms with Crippen molar-refractivity contribution in [1.82, 2.24) is 10.1 Å². The second-order valence-electron chi connectivity index (χ2n) is 2.30. The smallest absolute Gasteiger partial charge is 0.213 e. The lowest BCUT2D eigenvalue weighted by Gasteiger charge is -1.90. The van der Waals surface area contributed by atoms with Crippen molar-refractivity contribution in [3.05, 3.63) is 12.2 Å². The molecule has 0 bridgehead atoms. The summed E-state index contributed by atoms with van der Waals surface area (Å²) in [7, 11) is 0. The van der Waals surface area contributed by atoms with Gasteiger partial charge in [0.1, 0.15) is 0 Å². The Bertz CT molecular complexity index is 160. The second kappa shape index (κ2) is 4.04. The van der Waals surface area contributed by atoms with Crippen LogP contribution in [0.15, 0.2) is 10.9 Å². The summed E-state index contributed by atoms with van der Waals surface area (Å²) < 4.78 is 4.58. The van der Waals surface area contributed by atoms with E-state index in [0.717, 1.165) is 18.7 Å². The van der Waals surface area contributed by atoms with Crippen LogP contribution in [-0.2, 0) is 6.42 Å². The van der Waals surface area contributed by atoms with Crippen molar-refractivity contribution in [2.24, 2.45) is 0 Å². The molecule has 1 heterocycles. The summed E-state index contributed by atoms with van der Waals surface area (Å²) in [5.74, 6) is 0.827. The Balaban J connectivity index is 2.15. The van der Waals surface area contributed by atoms with E-state index in [-0.39, 0.29) is 0 Å². The largest absolute Gasteiger partial charge is 0.343 e. The Morgan fingerprint density at radius 2 is 2.40 bits per heavy atom. The lowest BCUT2D eigenvalue weighted by atomic mass is 10.2. The number of unbranched alkanes of at least 4 members (excludes halogenated alkanes) is 2. The van der Waals surface area contributed by atoms with Crippen LogP contribution in [0, 0.1) is 0 Å². The minimum atomic E-state index is 0.827. The summed E-state index contributed by atoms with van der Waals surface area (Å²) in [4.78, 5) is 3.91. The first-order chi connectivity index (χ1) is 4.93. The van der Waals surface area contributed by atoms with E-state index < -0.39 is 0 Å². The van der Waals surface area contributed by atoms with Gasteiger partial charge in [-0.2, -0.15) is 4.98 Å². The molecule has 3 nitrogen and oxygen atoms in total. The van der Waals surface area contributed by atoms with Gasteiger partial charge in [-0.15, -0.1) is 0 Å². The number of hydrogen-bond donors (Lipinski definition) is 0.